The molecule has 3 nitrogen and oxygen atoms in total. The van der Waals surface area contributed by atoms with Crippen molar-refractivity contribution in [3.8, 4) is 5.75 Å². The van der Waals surface area contributed by atoms with E-state index in [1.54, 1.807) is 6.07 Å². The summed E-state index contributed by atoms with van der Waals surface area (Å²) in [5.74, 6) is -1.50. The molecule has 0 unspecified atom stereocenters. The standard InChI is InChI=1S/C14H12BrF3N2O/c1-7-4-8(2-3-9(7)15)20-12-6-13(21-14(17)18)10(16)5-11(12)19/h2-6,14,20H,19H2,1H3. The predicted octanol–water partition coefficient (Wildman–Crippen LogP) is 4.82. The number of ether oxygens (including phenoxy) is 1. The fourth-order valence-electron chi connectivity index (χ4n) is 1.74. The van der Waals surface area contributed by atoms with E-state index in [9.17, 15) is 13.2 Å². The first-order valence-corrected chi connectivity index (χ1v) is 6.73. The largest absolute Gasteiger partial charge is 0.432 e. The van der Waals surface area contributed by atoms with Crippen LogP contribution in [0.4, 0.5) is 30.2 Å². The number of hydrogen-bond donors (Lipinski definition) is 2. The molecule has 0 radical (unpaired) electrons. The van der Waals surface area contributed by atoms with Gasteiger partial charge >= 0.3 is 6.61 Å². The number of benzene rings is 2. The molecule has 0 aliphatic rings. The summed E-state index contributed by atoms with van der Waals surface area (Å²) < 4.78 is 42.9. The Kier molecular flexibility index (Phi) is 4.62. The maximum Gasteiger partial charge on any atom is 0.387 e. The minimum atomic E-state index is -3.11. The highest BCUT2D eigenvalue weighted by Gasteiger charge is 2.13. The molecule has 0 fully saturated rings. The van der Waals surface area contributed by atoms with Crippen molar-refractivity contribution in [1.82, 2.24) is 0 Å². The van der Waals surface area contributed by atoms with E-state index in [-0.39, 0.29) is 11.4 Å². The van der Waals surface area contributed by atoms with E-state index < -0.39 is 18.2 Å². The van der Waals surface area contributed by atoms with Crippen molar-refractivity contribution >= 4 is 33.0 Å². The third-order valence-corrected chi connectivity index (χ3v) is 3.65. The Morgan fingerprint density at radius 3 is 2.57 bits per heavy atom. The minimum Gasteiger partial charge on any atom is -0.432 e. The van der Waals surface area contributed by atoms with Crippen LogP contribution in [0.15, 0.2) is 34.8 Å². The molecular weight excluding hydrogens is 349 g/mol. The lowest BCUT2D eigenvalue weighted by molar-refractivity contribution is -0.0521. The zero-order chi connectivity index (χ0) is 15.6. The molecule has 0 heterocycles. The minimum absolute atomic E-state index is 0.0923. The van der Waals surface area contributed by atoms with Crippen molar-refractivity contribution in [3.63, 3.8) is 0 Å². The van der Waals surface area contributed by atoms with Crippen LogP contribution in [0.2, 0.25) is 0 Å². The van der Waals surface area contributed by atoms with Crippen LogP contribution < -0.4 is 15.8 Å². The highest BCUT2D eigenvalue weighted by Crippen LogP contribution is 2.32. The highest BCUT2D eigenvalue weighted by atomic mass is 79.9. The summed E-state index contributed by atoms with van der Waals surface area (Å²) in [4.78, 5) is 0. The molecule has 0 amide bonds. The van der Waals surface area contributed by atoms with Crippen molar-refractivity contribution in [2.75, 3.05) is 11.1 Å². The van der Waals surface area contributed by atoms with Gasteiger partial charge in [0.15, 0.2) is 11.6 Å². The first-order valence-electron chi connectivity index (χ1n) is 5.94. The summed E-state index contributed by atoms with van der Waals surface area (Å²) in [5.41, 5.74) is 7.73. The van der Waals surface area contributed by atoms with Crippen molar-refractivity contribution in [3.05, 3.63) is 46.2 Å². The van der Waals surface area contributed by atoms with E-state index in [0.29, 0.717) is 5.69 Å². The smallest absolute Gasteiger partial charge is 0.387 e. The average molecular weight is 361 g/mol. The van der Waals surface area contributed by atoms with E-state index >= 15 is 0 Å². The van der Waals surface area contributed by atoms with Gasteiger partial charge in [0.1, 0.15) is 0 Å². The maximum atomic E-state index is 13.5. The Bertz CT molecular complexity index is 665. The van der Waals surface area contributed by atoms with Crippen molar-refractivity contribution < 1.29 is 17.9 Å². The number of hydrogen-bond acceptors (Lipinski definition) is 3. The van der Waals surface area contributed by atoms with Crippen LogP contribution in [-0.4, -0.2) is 6.61 Å². The molecule has 0 aromatic heterocycles. The van der Waals surface area contributed by atoms with Gasteiger partial charge in [0.25, 0.3) is 0 Å². The zero-order valence-electron chi connectivity index (χ0n) is 11.0. The van der Waals surface area contributed by atoms with Crippen LogP contribution in [0.1, 0.15) is 5.56 Å². The molecule has 7 heteroatoms. The second kappa shape index (κ2) is 6.26. The van der Waals surface area contributed by atoms with Gasteiger partial charge in [-0.05, 0) is 30.7 Å². The summed E-state index contributed by atoms with van der Waals surface area (Å²) in [6, 6.07) is 7.47. The molecule has 0 aliphatic heterocycles. The zero-order valence-corrected chi connectivity index (χ0v) is 12.5. The summed E-state index contributed by atoms with van der Waals surface area (Å²) >= 11 is 3.37. The molecule has 112 valence electrons. The number of nitrogens with two attached hydrogens (primary N) is 1. The molecule has 0 aliphatic carbocycles. The molecule has 0 spiro atoms. The molecule has 0 atom stereocenters. The van der Waals surface area contributed by atoms with Gasteiger partial charge in [-0.25, -0.2) is 4.39 Å². The number of anilines is 3. The average Bonchev–Trinajstić information content (AvgIpc) is 2.39. The second-order valence-electron chi connectivity index (χ2n) is 4.34. The molecule has 0 saturated heterocycles. The monoisotopic (exact) mass is 360 g/mol. The van der Waals surface area contributed by atoms with E-state index in [1.165, 1.54) is 0 Å². The second-order valence-corrected chi connectivity index (χ2v) is 5.19. The van der Waals surface area contributed by atoms with Crippen LogP contribution in [0.5, 0.6) is 5.75 Å². The maximum absolute atomic E-state index is 13.5. The topological polar surface area (TPSA) is 47.3 Å². The van der Waals surface area contributed by atoms with Crippen LogP contribution in [0.25, 0.3) is 0 Å². The van der Waals surface area contributed by atoms with Crippen molar-refractivity contribution in [2.24, 2.45) is 0 Å². The van der Waals surface area contributed by atoms with Gasteiger partial charge in [0.2, 0.25) is 0 Å². The number of alkyl halides is 2. The van der Waals surface area contributed by atoms with Crippen LogP contribution in [-0.2, 0) is 0 Å². The van der Waals surface area contributed by atoms with Crippen molar-refractivity contribution in [2.45, 2.75) is 13.5 Å². The SMILES string of the molecule is Cc1cc(Nc2cc(OC(F)F)c(F)cc2N)ccc1Br. The van der Waals surface area contributed by atoms with Crippen molar-refractivity contribution in [1.29, 1.82) is 0 Å². The van der Waals surface area contributed by atoms with Crippen LogP contribution in [0, 0.1) is 12.7 Å². The van der Waals surface area contributed by atoms with Gasteiger partial charge in [-0.1, -0.05) is 15.9 Å². The van der Waals surface area contributed by atoms with E-state index in [1.807, 2.05) is 19.1 Å². The third kappa shape index (κ3) is 3.81. The summed E-state index contributed by atoms with van der Waals surface area (Å²) in [5, 5.41) is 2.94. The summed E-state index contributed by atoms with van der Waals surface area (Å²) in [6.45, 7) is -1.21. The lowest BCUT2D eigenvalue weighted by atomic mass is 10.2. The van der Waals surface area contributed by atoms with E-state index in [2.05, 4.69) is 26.0 Å². The molecule has 2 aromatic rings. The highest BCUT2D eigenvalue weighted by molar-refractivity contribution is 9.10. The quantitative estimate of drug-likeness (QED) is 0.768. The molecule has 0 bridgehead atoms. The lowest BCUT2D eigenvalue weighted by Crippen LogP contribution is -2.05. The number of nitrogens with one attached hydrogen (secondary N) is 1. The molecule has 0 saturated carbocycles. The normalized spacial score (nSPS) is 10.8. The summed E-state index contributed by atoms with van der Waals surface area (Å²) in [7, 11) is 0. The predicted molar refractivity (Wildman–Crippen MR) is 79.6 cm³/mol. The third-order valence-electron chi connectivity index (χ3n) is 2.76. The lowest BCUT2D eigenvalue weighted by Gasteiger charge is -2.13. The number of rotatable bonds is 4. The molecule has 3 N–H and O–H groups in total. The Morgan fingerprint density at radius 2 is 1.95 bits per heavy atom. The molecule has 2 aromatic carbocycles. The first-order chi connectivity index (χ1) is 9.86. The van der Waals surface area contributed by atoms with E-state index in [0.717, 1.165) is 22.2 Å². The fourth-order valence-corrected chi connectivity index (χ4v) is 1.99. The van der Waals surface area contributed by atoms with E-state index in [4.69, 9.17) is 5.73 Å². The van der Waals surface area contributed by atoms with Gasteiger partial charge in [-0.15, -0.1) is 0 Å². The Balaban J connectivity index is 2.32. The van der Waals surface area contributed by atoms with Crippen LogP contribution >= 0.6 is 15.9 Å². The summed E-state index contributed by atoms with van der Waals surface area (Å²) in [6.07, 6.45) is 0. The van der Waals surface area contributed by atoms with Gasteiger partial charge < -0.3 is 15.8 Å². The van der Waals surface area contributed by atoms with Gasteiger partial charge in [-0.2, -0.15) is 8.78 Å². The first kappa shape index (κ1) is 15.5. The Morgan fingerprint density at radius 1 is 1.24 bits per heavy atom. The Labute approximate surface area is 128 Å². The number of aryl methyl sites for hydroxylation is 1. The number of nitrogen functional groups attached to an aromatic ring is 1. The van der Waals surface area contributed by atoms with Gasteiger partial charge in [-0.3, -0.25) is 0 Å². The Hall–Kier alpha value is -1.89. The molecular formula is C14H12BrF3N2O. The molecule has 2 rings (SSSR count). The van der Waals surface area contributed by atoms with Gasteiger partial charge in [0, 0.05) is 22.3 Å². The van der Waals surface area contributed by atoms with Crippen LogP contribution in [0.3, 0.4) is 0 Å². The van der Waals surface area contributed by atoms with Gasteiger partial charge in [0.05, 0.1) is 11.4 Å². The number of halogens is 4. The molecule has 21 heavy (non-hydrogen) atoms. The fraction of sp³-hybridized carbons (Fsp3) is 0.143.